The number of hydrogen-bond acceptors (Lipinski definition) is 8. The predicted octanol–water partition coefficient (Wildman–Crippen LogP) is 4.85. The Hall–Kier alpha value is -3.51. The second kappa shape index (κ2) is 10.3. The van der Waals surface area contributed by atoms with Gasteiger partial charge in [0.25, 0.3) is 5.91 Å². The normalized spacial score (nSPS) is 15.7. The van der Waals surface area contributed by atoms with Crippen molar-refractivity contribution >= 4 is 44.5 Å². The minimum Gasteiger partial charge on any atom is -0.391 e. The van der Waals surface area contributed by atoms with Crippen molar-refractivity contribution in [2.24, 2.45) is 7.05 Å². The molecule has 5 heterocycles. The molecule has 8 nitrogen and oxygen atoms in total. The maximum atomic E-state index is 15.5. The molecule has 2 N–H and O–H groups in total. The van der Waals surface area contributed by atoms with Crippen LogP contribution in [0.2, 0.25) is 0 Å². The molecule has 0 bridgehead atoms. The Bertz CT molecular complexity index is 1620. The summed E-state index contributed by atoms with van der Waals surface area (Å²) in [4.78, 5) is 23.3. The number of rotatable bonds is 6. The number of hydrogen-bond donors (Lipinski definition) is 2. The molecule has 1 aliphatic rings. The summed E-state index contributed by atoms with van der Waals surface area (Å²) in [6.07, 6.45) is 5.10. The number of aryl methyl sites for hydroxylation is 1. The zero-order valence-corrected chi connectivity index (χ0v) is 22.2. The number of nitrogens with zero attached hydrogens (tertiary/aromatic N) is 5. The first-order valence-electron chi connectivity index (χ1n) is 12.3. The van der Waals surface area contributed by atoms with Crippen molar-refractivity contribution in [3.63, 3.8) is 0 Å². The highest BCUT2D eigenvalue weighted by molar-refractivity contribution is 7.26. The molecule has 194 valence electrons. The van der Waals surface area contributed by atoms with Crippen molar-refractivity contribution in [1.29, 1.82) is 0 Å². The monoisotopic (exact) mass is 548 g/mol. The zero-order valence-electron chi connectivity index (χ0n) is 20.6. The van der Waals surface area contributed by atoms with E-state index in [1.807, 2.05) is 24.3 Å². The third-order valence-electron chi connectivity index (χ3n) is 6.67. The maximum Gasteiger partial charge on any atom is 0.262 e. The van der Waals surface area contributed by atoms with Crippen LogP contribution in [0.4, 0.5) is 10.2 Å². The Morgan fingerprint density at radius 3 is 2.82 bits per heavy atom. The number of fused-ring (bicyclic) bond motifs is 1. The average Bonchev–Trinajstić information content (AvgIpc) is 3.69. The zero-order chi connectivity index (χ0) is 26.2. The summed E-state index contributed by atoms with van der Waals surface area (Å²) < 4.78 is 18.0. The molecule has 1 aromatic carbocycles. The van der Waals surface area contributed by atoms with Gasteiger partial charge in [0, 0.05) is 50.1 Å². The lowest BCUT2D eigenvalue weighted by Gasteiger charge is -2.34. The van der Waals surface area contributed by atoms with E-state index in [1.54, 1.807) is 46.4 Å². The number of halogens is 1. The van der Waals surface area contributed by atoms with E-state index in [1.165, 1.54) is 23.5 Å². The number of amides is 1. The molecule has 1 atom stereocenters. The van der Waals surface area contributed by atoms with Gasteiger partial charge in [0.2, 0.25) is 0 Å². The summed E-state index contributed by atoms with van der Waals surface area (Å²) in [5.41, 5.74) is 1.08. The number of aliphatic hydroxyl groups excluding tert-OH is 1. The van der Waals surface area contributed by atoms with Crippen LogP contribution < -0.4 is 10.2 Å². The summed E-state index contributed by atoms with van der Waals surface area (Å²) in [6, 6.07) is 12.3. The summed E-state index contributed by atoms with van der Waals surface area (Å²) in [7, 11) is 1.74. The van der Waals surface area contributed by atoms with Gasteiger partial charge in [0.15, 0.2) is 0 Å². The van der Waals surface area contributed by atoms with Crippen LogP contribution in [0.3, 0.4) is 0 Å². The highest BCUT2D eigenvalue weighted by Gasteiger charge is 2.32. The molecule has 11 heteroatoms. The fourth-order valence-corrected chi connectivity index (χ4v) is 6.80. The fourth-order valence-electron chi connectivity index (χ4n) is 4.80. The molecule has 38 heavy (non-hydrogen) atoms. The quantitative estimate of drug-likeness (QED) is 0.315. The van der Waals surface area contributed by atoms with Crippen LogP contribution in [0.15, 0.2) is 54.9 Å². The second-order valence-electron chi connectivity index (χ2n) is 9.23. The van der Waals surface area contributed by atoms with Crippen LogP contribution in [0, 0.1) is 5.82 Å². The lowest BCUT2D eigenvalue weighted by atomic mass is 10.0. The van der Waals surface area contributed by atoms with Gasteiger partial charge in [0.1, 0.15) is 17.3 Å². The Kier molecular flexibility index (Phi) is 6.75. The first kappa shape index (κ1) is 24.8. The van der Waals surface area contributed by atoms with Crippen LogP contribution in [0.1, 0.15) is 28.1 Å². The number of aromatic nitrogens is 4. The number of pyridine rings is 1. The molecule has 1 fully saturated rings. The van der Waals surface area contributed by atoms with Gasteiger partial charge >= 0.3 is 0 Å². The smallest absolute Gasteiger partial charge is 0.262 e. The third-order valence-corrected chi connectivity index (χ3v) is 9.03. The van der Waals surface area contributed by atoms with Crippen LogP contribution in [-0.4, -0.2) is 50.1 Å². The number of carbonyl (C=O) groups excluding carboxylic acids is 1. The molecular formula is C27H25FN6O2S2. The van der Waals surface area contributed by atoms with E-state index in [9.17, 15) is 9.90 Å². The van der Waals surface area contributed by atoms with E-state index in [2.05, 4.69) is 20.6 Å². The molecule has 0 spiro atoms. The Balaban J connectivity index is 1.42. The van der Waals surface area contributed by atoms with Crippen LogP contribution in [0.5, 0.6) is 0 Å². The average molecular weight is 549 g/mol. The van der Waals surface area contributed by atoms with Gasteiger partial charge in [-0.2, -0.15) is 0 Å². The summed E-state index contributed by atoms with van der Waals surface area (Å²) in [5, 5.41) is 21.7. The SMILES string of the molecule is Cn1cc(-c2ccc(C(=O)N(c3nccc4sc(-c5ccc(CO)s5)cc34)[C@@H]3CCCNC3)c(F)c2)nn1. The molecule has 0 radical (unpaired) electrons. The van der Waals surface area contributed by atoms with Crippen molar-refractivity contribution in [1.82, 2.24) is 25.3 Å². The lowest BCUT2D eigenvalue weighted by molar-refractivity contribution is 0.0968. The fraction of sp³-hybridized carbons (Fsp3) is 0.259. The van der Waals surface area contributed by atoms with Crippen molar-refractivity contribution in [3.05, 3.63) is 71.1 Å². The van der Waals surface area contributed by atoms with Gasteiger partial charge in [-0.05, 0) is 55.8 Å². The van der Waals surface area contributed by atoms with Gasteiger partial charge in [-0.3, -0.25) is 14.4 Å². The summed E-state index contributed by atoms with van der Waals surface area (Å²) in [5.74, 6) is -0.506. The molecule has 0 aliphatic carbocycles. The first-order chi connectivity index (χ1) is 18.5. The number of thiophene rings is 2. The maximum absolute atomic E-state index is 15.5. The third kappa shape index (κ3) is 4.62. The molecule has 5 aromatic rings. The largest absolute Gasteiger partial charge is 0.391 e. The Morgan fingerprint density at radius 1 is 1.21 bits per heavy atom. The van der Waals surface area contributed by atoms with E-state index >= 15 is 4.39 Å². The van der Waals surface area contributed by atoms with Crippen LogP contribution in [0.25, 0.3) is 31.1 Å². The van der Waals surface area contributed by atoms with Gasteiger partial charge in [-0.15, -0.1) is 27.8 Å². The van der Waals surface area contributed by atoms with Gasteiger partial charge < -0.3 is 10.4 Å². The molecule has 4 aromatic heterocycles. The standard InChI is InChI=1S/C27H25FN6O2S2/c1-33-14-22(31-32-33)16-4-6-19(21(28)11-16)27(36)34(17-3-2-9-29-13-17)26-20-12-25(38-23(20)8-10-30-26)24-7-5-18(15-35)37-24/h4-8,10-12,14,17,29,35H,2-3,9,13,15H2,1H3/t17-/m1/s1. The van der Waals surface area contributed by atoms with E-state index < -0.39 is 11.7 Å². The highest BCUT2D eigenvalue weighted by atomic mass is 32.1. The molecule has 1 saturated heterocycles. The van der Waals surface area contributed by atoms with Gasteiger partial charge in [-0.1, -0.05) is 11.3 Å². The minimum atomic E-state index is -0.611. The van der Waals surface area contributed by atoms with Gasteiger partial charge in [-0.25, -0.2) is 9.37 Å². The van der Waals surface area contributed by atoms with Crippen molar-refractivity contribution in [2.45, 2.75) is 25.5 Å². The van der Waals surface area contributed by atoms with E-state index in [4.69, 9.17) is 0 Å². The number of nitrogens with one attached hydrogen (secondary N) is 1. The lowest BCUT2D eigenvalue weighted by Crippen LogP contribution is -2.49. The van der Waals surface area contributed by atoms with E-state index in [-0.39, 0.29) is 18.2 Å². The Morgan fingerprint density at radius 2 is 2.11 bits per heavy atom. The molecule has 1 aliphatic heterocycles. The van der Waals surface area contributed by atoms with E-state index in [0.29, 0.717) is 23.6 Å². The highest BCUT2D eigenvalue weighted by Crippen LogP contribution is 2.41. The molecule has 0 saturated carbocycles. The second-order valence-corrected chi connectivity index (χ2v) is 11.5. The number of carbonyl (C=O) groups is 1. The molecule has 6 rings (SSSR count). The number of benzene rings is 1. The van der Waals surface area contributed by atoms with Crippen molar-refractivity contribution < 1.29 is 14.3 Å². The number of anilines is 1. The van der Waals surface area contributed by atoms with Crippen LogP contribution >= 0.6 is 22.7 Å². The molecule has 1 amide bonds. The predicted molar refractivity (Wildman–Crippen MR) is 148 cm³/mol. The van der Waals surface area contributed by atoms with Crippen molar-refractivity contribution in [3.8, 4) is 21.0 Å². The van der Waals surface area contributed by atoms with E-state index in [0.717, 1.165) is 44.1 Å². The first-order valence-corrected chi connectivity index (χ1v) is 13.9. The minimum absolute atomic E-state index is 0.000524. The van der Waals surface area contributed by atoms with Gasteiger partial charge in [0.05, 0.1) is 24.4 Å². The summed E-state index contributed by atoms with van der Waals surface area (Å²) >= 11 is 3.15. The Labute approximate surface area is 226 Å². The van der Waals surface area contributed by atoms with Crippen LogP contribution in [-0.2, 0) is 13.7 Å². The molecular weight excluding hydrogens is 523 g/mol. The number of aliphatic hydroxyl groups is 1. The summed E-state index contributed by atoms with van der Waals surface area (Å²) in [6.45, 7) is 1.48. The molecule has 0 unspecified atom stereocenters. The van der Waals surface area contributed by atoms with Crippen molar-refractivity contribution in [2.75, 3.05) is 18.0 Å². The number of piperidine rings is 1. The topological polar surface area (TPSA) is 96.2 Å².